The highest BCUT2D eigenvalue weighted by Crippen LogP contribution is 2.34. The van der Waals surface area contributed by atoms with Gasteiger partial charge in [0.25, 0.3) is 0 Å². The van der Waals surface area contributed by atoms with Gasteiger partial charge in [-0.15, -0.1) is 0 Å². The summed E-state index contributed by atoms with van der Waals surface area (Å²) in [7, 11) is 0. The van der Waals surface area contributed by atoms with Crippen LogP contribution in [-0.4, -0.2) is 29.6 Å². The van der Waals surface area contributed by atoms with Crippen molar-refractivity contribution in [2.75, 3.05) is 18.8 Å². The monoisotopic (exact) mass is 243 g/mol. The highest BCUT2D eigenvalue weighted by molar-refractivity contribution is 7.80. The fraction of sp³-hybridized carbons (Fsp3) is 0.923. The quantitative estimate of drug-likeness (QED) is 0.756. The van der Waals surface area contributed by atoms with Crippen LogP contribution in [0.15, 0.2) is 0 Å². The van der Waals surface area contributed by atoms with E-state index in [1.54, 1.807) is 0 Å². The maximum absolute atomic E-state index is 11.9. The first-order chi connectivity index (χ1) is 7.45. The molecule has 1 rings (SSSR count). The van der Waals surface area contributed by atoms with E-state index in [4.69, 9.17) is 0 Å². The molecule has 3 heteroatoms. The summed E-state index contributed by atoms with van der Waals surface area (Å²) in [5.41, 5.74) is 0.333. The van der Waals surface area contributed by atoms with Gasteiger partial charge < -0.3 is 4.90 Å². The zero-order valence-corrected chi connectivity index (χ0v) is 11.7. The molecule has 1 amide bonds. The SMILES string of the molecule is CC(C)(C)C1CCC(=O)N(CCCS)CC1. The minimum Gasteiger partial charge on any atom is -0.343 e. The first-order valence-electron chi connectivity index (χ1n) is 6.34. The Hall–Kier alpha value is -0.180. The van der Waals surface area contributed by atoms with Crippen LogP contribution in [0.5, 0.6) is 0 Å². The highest BCUT2D eigenvalue weighted by Gasteiger charge is 2.29. The van der Waals surface area contributed by atoms with Crippen LogP contribution >= 0.6 is 12.6 Å². The van der Waals surface area contributed by atoms with Gasteiger partial charge in [-0.2, -0.15) is 12.6 Å². The first-order valence-corrected chi connectivity index (χ1v) is 6.97. The van der Waals surface area contributed by atoms with E-state index in [-0.39, 0.29) is 0 Å². The predicted molar refractivity (Wildman–Crippen MR) is 71.8 cm³/mol. The number of likely N-dealkylation sites (tertiary alicyclic amines) is 1. The zero-order valence-electron chi connectivity index (χ0n) is 10.8. The van der Waals surface area contributed by atoms with Crippen LogP contribution in [0.3, 0.4) is 0 Å². The van der Waals surface area contributed by atoms with Gasteiger partial charge in [0.1, 0.15) is 0 Å². The Morgan fingerprint density at radius 1 is 1.38 bits per heavy atom. The lowest BCUT2D eigenvalue weighted by Gasteiger charge is -2.29. The van der Waals surface area contributed by atoms with Crippen molar-refractivity contribution in [1.29, 1.82) is 0 Å². The highest BCUT2D eigenvalue weighted by atomic mass is 32.1. The number of carbonyl (C=O) groups excluding carboxylic acids is 1. The van der Waals surface area contributed by atoms with E-state index in [9.17, 15) is 4.79 Å². The van der Waals surface area contributed by atoms with Crippen molar-refractivity contribution < 1.29 is 4.79 Å². The summed E-state index contributed by atoms with van der Waals surface area (Å²) in [6.45, 7) is 8.68. The van der Waals surface area contributed by atoms with Crippen LogP contribution in [0, 0.1) is 11.3 Å². The molecule has 0 spiro atoms. The average Bonchev–Trinajstić information content (AvgIpc) is 2.37. The lowest BCUT2D eigenvalue weighted by atomic mass is 9.77. The molecule has 1 saturated heterocycles. The van der Waals surface area contributed by atoms with Gasteiger partial charge in [0.2, 0.25) is 5.91 Å². The van der Waals surface area contributed by atoms with E-state index >= 15 is 0 Å². The number of nitrogens with zero attached hydrogens (tertiary/aromatic N) is 1. The topological polar surface area (TPSA) is 20.3 Å². The van der Waals surface area contributed by atoms with Crippen molar-refractivity contribution in [2.24, 2.45) is 11.3 Å². The van der Waals surface area contributed by atoms with Crippen molar-refractivity contribution in [3.8, 4) is 0 Å². The third-order valence-corrected chi connectivity index (χ3v) is 3.93. The molecule has 1 fully saturated rings. The summed E-state index contributed by atoms with van der Waals surface area (Å²) in [4.78, 5) is 13.9. The number of amides is 1. The van der Waals surface area contributed by atoms with E-state index in [1.807, 2.05) is 4.90 Å². The molecule has 16 heavy (non-hydrogen) atoms. The molecule has 1 atom stereocenters. The summed E-state index contributed by atoms with van der Waals surface area (Å²) in [6.07, 6.45) is 3.95. The minimum absolute atomic E-state index is 0.333. The van der Waals surface area contributed by atoms with Crippen LogP contribution in [-0.2, 0) is 4.79 Å². The molecule has 1 aliphatic rings. The van der Waals surface area contributed by atoms with Crippen LogP contribution in [0.4, 0.5) is 0 Å². The van der Waals surface area contributed by atoms with Crippen LogP contribution in [0.2, 0.25) is 0 Å². The Kier molecular flexibility index (Phi) is 5.16. The molecule has 0 N–H and O–H groups in total. The summed E-state index contributed by atoms with van der Waals surface area (Å²) in [5, 5.41) is 0. The molecule has 0 aliphatic carbocycles. The fourth-order valence-corrected chi connectivity index (χ4v) is 2.54. The molecule has 2 nitrogen and oxygen atoms in total. The van der Waals surface area contributed by atoms with Crippen molar-refractivity contribution in [2.45, 2.75) is 46.5 Å². The van der Waals surface area contributed by atoms with Gasteiger partial charge in [0.05, 0.1) is 0 Å². The van der Waals surface area contributed by atoms with E-state index in [0.29, 0.717) is 17.2 Å². The predicted octanol–water partition coefficient (Wildman–Crippen LogP) is 2.98. The largest absolute Gasteiger partial charge is 0.343 e. The van der Waals surface area contributed by atoms with Gasteiger partial charge in [-0.05, 0) is 36.3 Å². The number of thiol groups is 1. The summed E-state index contributed by atoms with van der Waals surface area (Å²) in [5.74, 6) is 1.89. The maximum Gasteiger partial charge on any atom is 0.222 e. The van der Waals surface area contributed by atoms with E-state index in [0.717, 1.165) is 44.5 Å². The Balaban J connectivity index is 2.52. The molecule has 1 aliphatic heterocycles. The maximum atomic E-state index is 11.9. The van der Waals surface area contributed by atoms with Crippen molar-refractivity contribution in [3.63, 3.8) is 0 Å². The summed E-state index contributed by atoms with van der Waals surface area (Å²) >= 11 is 4.20. The number of hydrogen-bond donors (Lipinski definition) is 1. The Labute approximate surface area is 105 Å². The third kappa shape index (κ3) is 4.00. The summed E-state index contributed by atoms with van der Waals surface area (Å²) < 4.78 is 0. The minimum atomic E-state index is 0.333. The molecular formula is C13H25NOS. The zero-order chi connectivity index (χ0) is 12.2. The normalized spacial score (nSPS) is 23.4. The standard InChI is InChI=1S/C13H25NOS/c1-13(2,3)11-5-6-12(15)14(9-7-11)8-4-10-16/h11,16H,4-10H2,1-3H3. The molecule has 1 unspecified atom stereocenters. The molecule has 0 bridgehead atoms. The van der Waals surface area contributed by atoms with Gasteiger partial charge in [0, 0.05) is 19.5 Å². The molecule has 0 aromatic carbocycles. The number of carbonyl (C=O) groups is 1. The number of hydrogen-bond acceptors (Lipinski definition) is 2. The molecule has 0 aromatic heterocycles. The van der Waals surface area contributed by atoms with Crippen LogP contribution < -0.4 is 0 Å². The second-order valence-electron chi connectivity index (χ2n) is 5.85. The van der Waals surface area contributed by atoms with Gasteiger partial charge in [-0.25, -0.2) is 0 Å². The first kappa shape index (κ1) is 13.9. The Bertz CT molecular complexity index is 235. The van der Waals surface area contributed by atoms with E-state index in [1.165, 1.54) is 0 Å². The Morgan fingerprint density at radius 2 is 2.06 bits per heavy atom. The van der Waals surface area contributed by atoms with Gasteiger partial charge in [-0.1, -0.05) is 20.8 Å². The molecule has 94 valence electrons. The lowest BCUT2D eigenvalue weighted by molar-refractivity contribution is -0.130. The second-order valence-corrected chi connectivity index (χ2v) is 6.30. The lowest BCUT2D eigenvalue weighted by Crippen LogP contribution is -2.31. The average molecular weight is 243 g/mol. The smallest absolute Gasteiger partial charge is 0.222 e. The van der Waals surface area contributed by atoms with Gasteiger partial charge in [0.15, 0.2) is 0 Å². The van der Waals surface area contributed by atoms with Crippen molar-refractivity contribution in [3.05, 3.63) is 0 Å². The van der Waals surface area contributed by atoms with E-state index in [2.05, 4.69) is 33.4 Å². The fourth-order valence-electron chi connectivity index (χ4n) is 2.40. The van der Waals surface area contributed by atoms with Gasteiger partial charge in [-0.3, -0.25) is 4.79 Å². The van der Waals surface area contributed by atoms with Gasteiger partial charge >= 0.3 is 0 Å². The van der Waals surface area contributed by atoms with Crippen LogP contribution in [0.1, 0.15) is 46.5 Å². The number of rotatable bonds is 3. The second kappa shape index (κ2) is 5.95. The molecular weight excluding hydrogens is 218 g/mol. The third-order valence-electron chi connectivity index (χ3n) is 3.62. The molecule has 1 heterocycles. The summed E-state index contributed by atoms with van der Waals surface area (Å²) in [6, 6.07) is 0. The van der Waals surface area contributed by atoms with Crippen LogP contribution in [0.25, 0.3) is 0 Å². The van der Waals surface area contributed by atoms with Crippen molar-refractivity contribution >= 4 is 18.5 Å². The Morgan fingerprint density at radius 3 is 2.62 bits per heavy atom. The molecule has 0 saturated carbocycles. The molecule has 0 radical (unpaired) electrons. The van der Waals surface area contributed by atoms with Crippen molar-refractivity contribution in [1.82, 2.24) is 4.90 Å². The molecule has 0 aromatic rings. The van der Waals surface area contributed by atoms with E-state index < -0.39 is 0 Å².